The highest BCUT2D eigenvalue weighted by molar-refractivity contribution is 9.11. The third-order valence-corrected chi connectivity index (χ3v) is 5.03. The maximum atomic E-state index is 5.93. The monoisotopic (exact) mass is 318 g/mol. The van der Waals surface area contributed by atoms with Crippen LogP contribution in [0.15, 0.2) is 15.9 Å². The Morgan fingerprint density at radius 3 is 3.06 bits per heavy atom. The molecule has 1 aromatic heterocycles. The molecule has 1 saturated heterocycles. The van der Waals surface area contributed by atoms with Gasteiger partial charge in [0.15, 0.2) is 0 Å². The van der Waals surface area contributed by atoms with Crippen LogP contribution in [-0.4, -0.2) is 38.3 Å². The minimum atomic E-state index is 0.369. The van der Waals surface area contributed by atoms with Crippen molar-refractivity contribution in [3.05, 3.63) is 20.8 Å². The fourth-order valence-corrected chi connectivity index (χ4v) is 4.04. The molecule has 0 spiro atoms. The van der Waals surface area contributed by atoms with Crippen molar-refractivity contribution in [3.63, 3.8) is 0 Å². The quantitative estimate of drug-likeness (QED) is 0.906. The van der Waals surface area contributed by atoms with E-state index < -0.39 is 0 Å². The number of thiophene rings is 1. The molecule has 1 aromatic rings. The van der Waals surface area contributed by atoms with Gasteiger partial charge < -0.3 is 10.5 Å². The van der Waals surface area contributed by atoms with Crippen molar-refractivity contribution >= 4 is 27.3 Å². The molecule has 0 bridgehead atoms. The Bertz CT molecular complexity index is 358. The van der Waals surface area contributed by atoms with Crippen LogP contribution in [0, 0.1) is 5.92 Å². The van der Waals surface area contributed by atoms with Crippen molar-refractivity contribution in [1.29, 1.82) is 0 Å². The number of hydrogen-bond acceptors (Lipinski definition) is 4. The van der Waals surface area contributed by atoms with E-state index >= 15 is 0 Å². The number of methoxy groups -OCH3 is 1. The second-order valence-electron chi connectivity index (χ2n) is 4.50. The minimum Gasteiger partial charge on any atom is -0.384 e. The first-order valence-electron chi connectivity index (χ1n) is 5.93. The molecule has 5 heteroatoms. The van der Waals surface area contributed by atoms with Gasteiger partial charge in [0.2, 0.25) is 0 Å². The Morgan fingerprint density at radius 2 is 2.47 bits per heavy atom. The number of ether oxygens (including phenoxy) is 1. The van der Waals surface area contributed by atoms with Crippen LogP contribution in [0.3, 0.4) is 0 Å². The predicted molar refractivity (Wildman–Crippen MR) is 75.4 cm³/mol. The molecule has 2 rings (SSSR count). The van der Waals surface area contributed by atoms with Crippen LogP contribution in [-0.2, 0) is 4.74 Å². The van der Waals surface area contributed by atoms with Gasteiger partial charge in [0, 0.05) is 25.1 Å². The molecule has 2 atom stereocenters. The van der Waals surface area contributed by atoms with Crippen molar-refractivity contribution in [2.45, 2.75) is 12.5 Å². The van der Waals surface area contributed by atoms with Crippen molar-refractivity contribution in [2.24, 2.45) is 11.7 Å². The summed E-state index contributed by atoms with van der Waals surface area (Å²) in [6.07, 6.45) is 1.22. The molecule has 0 aromatic carbocycles. The number of nitrogens with zero attached hydrogens (tertiary/aromatic N) is 1. The Morgan fingerprint density at radius 1 is 1.65 bits per heavy atom. The molecule has 1 aliphatic heterocycles. The molecular formula is C12H19BrN2OS. The largest absolute Gasteiger partial charge is 0.384 e. The van der Waals surface area contributed by atoms with E-state index in [0.29, 0.717) is 18.5 Å². The Hall–Kier alpha value is 0.0600. The van der Waals surface area contributed by atoms with E-state index in [0.717, 1.165) is 19.7 Å². The lowest BCUT2D eigenvalue weighted by Gasteiger charge is -2.25. The highest BCUT2D eigenvalue weighted by Crippen LogP contribution is 2.33. The van der Waals surface area contributed by atoms with Gasteiger partial charge in [-0.3, -0.25) is 4.90 Å². The standard InChI is InChI=1S/C12H19BrN2OS/c1-16-8-9-4-5-15(7-9)10(6-14)11-2-3-12(13)17-11/h2-3,9-10H,4-8,14H2,1H3. The first kappa shape index (κ1) is 13.5. The average Bonchev–Trinajstić information content (AvgIpc) is 2.91. The molecule has 0 radical (unpaired) electrons. The van der Waals surface area contributed by atoms with Crippen LogP contribution in [0.2, 0.25) is 0 Å². The van der Waals surface area contributed by atoms with Crippen LogP contribution >= 0.6 is 27.3 Å². The zero-order chi connectivity index (χ0) is 12.3. The predicted octanol–water partition coefficient (Wildman–Crippen LogP) is 2.48. The summed E-state index contributed by atoms with van der Waals surface area (Å²) < 4.78 is 6.41. The lowest BCUT2D eigenvalue weighted by atomic mass is 10.1. The number of nitrogens with two attached hydrogens (primary N) is 1. The summed E-state index contributed by atoms with van der Waals surface area (Å²) >= 11 is 5.30. The zero-order valence-electron chi connectivity index (χ0n) is 10.1. The van der Waals surface area contributed by atoms with E-state index in [4.69, 9.17) is 10.5 Å². The number of rotatable bonds is 5. The van der Waals surface area contributed by atoms with Crippen molar-refractivity contribution in [2.75, 3.05) is 33.4 Å². The maximum absolute atomic E-state index is 5.93. The molecule has 96 valence electrons. The van der Waals surface area contributed by atoms with Gasteiger partial charge in [-0.15, -0.1) is 11.3 Å². The number of halogens is 1. The summed E-state index contributed by atoms with van der Waals surface area (Å²) in [5.74, 6) is 0.664. The summed E-state index contributed by atoms with van der Waals surface area (Å²) in [7, 11) is 1.78. The zero-order valence-corrected chi connectivity index (χ0v) is 12.5. The average molecular weight is 319 g/mol. The van der Waals surface area contributed by atoms with Gasteiger partial charge in [0.25, 0.3) is 0 Å². The fourth-order valence-electron chi connectivity index (χ4n) is 2.47. The topological polar surface area (TPSA) is 38.5 Å². The molecule has 17 heavy (non-hydrogen) atoms. The fraction of sp³-hybridized carbons (Fsp3) is 0.667. The highest BCUT2D eigenvalue weighted by Gasteiger charge is 2.28. The van der Waals surface area contributed by atoms with E-state index in [1.807, 2.05) is 0 Å². The first-order valence-corrected chi connectivity index (χ1v) is 7.53. The Kier molecular flexibility index (Phi) is 4.99. The van der Waals surface area contributed by atoms with Crippen molar-refractivity contribution in [3.8, 4) is 0 Å². The van der Waals surface area contributed by atoms with Gasteiger partial charge >= 0.3 is 0 Å². The van der Waals surface area contributed by atoms with Crippen LogP contribution in [0.4, 0.5) is 0 Å². The third-order valence-electron chi connectivity index (χ3n) is 3.31. The van der Waals surface area contributed by atoms with Crippen LogP contribution in [0.1, 0.15) is 17.3 Å². The van der Waals surface area contributed by atoms with E-state index in [2.05, 4.69) is 33.0 Å². The van der Waals surface area contributed by atoms with Gasteiger partial charge in [-0.1, -0.05) is 0 Å². The Balaban J connectivity index is 2.00. The van der Waals surface area contributed by atoms with E-state index in [-0.39, 0.29) is 0 Å². The van der Waals surface area contributed by atoms with Crippen molar-refractivity contribution in [1.82, 2.24) is 4.90 Å². The smallest absolute Gasteiger partial charge is 0.0702 e. The summed E-state index contributed by atoms with van der Waals surface area (Å²) in [6, 6.07) is 4.65. The second kappa shape index (κ2) is 6.29. The minimum absolute atomic E-state index is 0.369. The molecule has 2 heterocycles. The number of hydrogen-bond donors (Lipinski definition) is 1. The van der Waals surface area contributed by atoms with Crippen molar-refractivity contribution < 1.29 is 4.74 Å². The lowest BCUT2D eigenvalue weighted by molar-refractivity contribution is 0.148. The maximum Gasteiger partial charge on any atom is 0.0702 e. The van der Waals surface area contributed by atoms with E-state index in [9.17, 15) is 0 Å². The summed E-state index contributed by atoms with van der Waals surface area (Å²) in [5.41, 5.74) is 5.93. The van der Waals surface area contributed by atoms with Crippen LogP contribution in [0.25, 0.3) is 0 Å². The molecule has 2 unspecified atom stereocenters. The lowest BCUT2D eigenvalue weighted by Crippen LogP contribution is -2.31. The molecule has 0 saturated carbocycles. The molecule has 0 aliphatic carbocycles. The molecule has 1 fully saturated rings. The number of likely N-dealkylation sites (tertiary alicyclic amines) is 1. The summed E-state index contributed by atoms with van der Waals surface area (Å²) in [6.45, 7) is 3.78. The van der Waals surface area contributed by atoms with Gasteiger partial charge in [-0.05, 0) is 46.9 Å². The molecule has 1 aliphatic rings. The third kappa shape index (κ3) is 3.29. The summed E-state index contributed by atoms with van der Waals surface area (Å²) in [5, 5.41) is 0. The van der Waals surface area contributed by atoms with E-state index in [1.54, 1.807) is 18.4 Å². The molecule has 3 nitrogen and oxygen atoms in total. The van der Waals surface area contributed by atoms with Gasteiger partial charge in [-0.2, -0.15) is 0 Å². The summed E-state index contributed by atoms with van der Waals surface area (Å²) in [4.78, 5) is 3.85. The molecule has 2 N–H and O–H groups in total. The van der Waals surface area contributed by atoms with Gasteiger partial charge in [-0.25, -0.2) is 0 Å². The van der Waals surface area contributed by atoms with Gasteiger partial charge in [0.1, 0.15) is 0 Å². The van der Waals surface area contributed by atoms with Crippen LogP contribution in [0.5, 0.6) is 0 Å². The SMILES string of the molecule is COCC1CCN(C(CN)c2ccc(Br)s2)C1. The highest BCUT2D eigenvalue weighted by atomic mass is 79.9. The molecular weight excluding hydrogens is 300 g/mol. The normalized spacial score (nSPS) is 23.1. The first-order chi connectivity index (χ1) is 8.24. The van der Waals surface area contributed by atoms with E-state index in [1.165, 1.54) is 15.1 Å². The Labute approximate surface area is 115 Å². The molecule has 0 amide bonds. The second-order valence-corrected chi connectivity index (χ2v) is 6.99. The van der Waals surface area contributed by atoms with Crippen LogP contribution < -0.4 is 5.73 Å². The van der Waals surface area contributed by atoms with Gasteiger partial charge in [0.05, 0.1) is 16.4 Å².